The minimum Gasteiger partial charge on any atom is -0.330 e. The monoisotopic (exact) mass is 189 g/mol. The van der Waals surface area contributed by atoms with Crippen molar-refractivity contribution in [3.63, 3.8) is 0 Å². The van der Waals surface area contributed by atoms with Crippen molar-refractivity contribution in [3.05, 3.63) is 21.3 Å². The van der Waals surface area contributed by atoms with Crippen molar-refractivity contribution in [3.8, 4) is 0 Å². The molecule has 1 heterocycles. The second-order valence-corrected chi connectivity index (χ2v) is 3.44. The maximum Gasteiger partial charge on any atom is 0.174 e. The largest absolute Gasteiger partial charge is 0.330 e. The van der Waals surface area contributed by atoms with Crippen molar-refractivity contribution in [1.82, 2.24) is 0 Å². The van der Waals surface area contributed by atoms with Crippen LogP contribution >= 0.6 is 22.9 Å². The van der Waals surface area contributed by atoms with E-state index in [0.29, 0.717) is 22.9 Å². The predicted octanol–water partition coefficient (Wildman–Crippen LogP) is 1.93. The Morgan fingerprint density at radius 1 is 1.73 bits per heavy atom. The lowest BCUT2D eigenvalue weighted by atomic mass is 10.2. The lowest BCUT2D eigenvalue weighted by Crippen LogP contribution is -2.06. The van der Waals surface area contributed by atoms with Gasteiger partial charge in [0.1, 0.15) is 0 Å². The van der Waals surface area contributed by atoms with Crippen molar-refractivity contribution in [2.24, 2.45) is 5.73 Å². The fourth-order valence-electron chi connectivity index (χ4n) is 0.714. The highest BCUT2D eigenvalue weighted by Crippen LogP contribution is 2.19. The third-order valence-electron chi connectivity index (χ3n) is 1.21. The fraction of sp³-hybridized carbons (Fsp3) is 0.286. The smallest absolute Gasteiger partial charge is 0.174 e. The number of hydrogen-bond acceptors (Lipinski definition) is 3. The van der Waals surface area contributed by atoms with Crippen LogP contribution in [0.25, 0.3) is 0 Å². The summed E-state index contributed by atoms with van der Waals surface area (Å²) >= 11 is 6.99. The van der Waals surface area contributed by atoms with Crippen LogP contribution in [0.4, 0.5) is 0 Å². The van der Waals surface area contributed by atoms with E-state index in [-0.39, 0.29) is 5.78 Å². The predicted molar refractivity (Wildman–Crippen MR) is 47.3 cm³/mol. The van der Waals surface area contributed by atoms with Gasteiger partial charge in [-0.3, -0.25) is 4.79 Å². The molecular weight excluding hydrogens is 182 g/mol. The number of Topliss-reactive ketones (excluding diaryl/α,β-unsaturated/α-hetero) is 1. The minimum absolute atomic E-state index is 0.0735. The SMILES string of the molecule is NCCC(=O)c1cc(Cl)cs1. The molecule has 0 aliphatic carbocycles. The molecule has 0 radical (unpaired) electrons. The van der Waals surface area contributed by atoms with E-state index < -0.39 is 0 Å². The molecule has 0 bridgehead atoms. The molecule has 0 saturated heterocycles. The van der Waals surface area contributed by atoms with Crippen molar-refractivity contribution in [1.29, 1.82) is 0 Å². The molecule has 2 nitrogen and oxygen atoms in total. The molecule has 1 rings (SSSR count). The summed E-state index contributed by atoms with van der Waals surface area (Å²) in [4.78, 5) is 11.8. The summed E-state index contributed by atoms with van der Waals surface area (Å²) in [7, 11) is 0. The molecule has 0 amide bonds. The fourth-order valence-corrected chi connectivity index (χ4v) is 1.76. The molecule has 0 unspecified atom stereocenters. The molecule has 1 aromatic heterocycles. The average Bonchev–Trinajstić information content (AvgIpc) is 2.36. The van der Waals surface area contributed by atoms with Crippen LogP contribution in [-0.4, -0.2) is 12.3 Å². The molecule has 11 heavy (non-hydrogen) atoms. The van der Waals surface area contributed by atoms with E-state index in [1.165, 1.54) is 11.3 Å². The highest BCUT2D eigenvalue weighted by atomic mass is 35.5. The van der Waals surface area contributed by atoms with Gasteiger partial charge in [0.15, 0.2) is 5.78 Å². The van der Waals surface area contributed by atoms with Gasteiger partial charge in [0, 0.05) is 11.8 Å². The zero-order valence-corrected chi connectivity index (χ0v) is 7.41. The molecule has 0 aliphatic rings. The maximum atomic E-state index is 11.1. The van der Waals surface area contributed by atoms with Gasteiger partial charge in [-0.15, -0.1) is 11.3 Å². The number of thiophene rings is 1. The standard InChI is InChI=1S/C7H8ClNOS/c8-5-3-7(11-4-5)6(10)1-2-9/h3-4H,1-2,9H2. The van der Waals surface area contributed by atoms with Gasteiger partial charge < -0.3 is 5.73 Å². The molecule has 0 atom stereocenters. The molecule has 2 N–H and O–H groups in total. The molecule has 0 aromatic carbocycles. The van der Waals surface area contributed by atoms with Crippen LogP contribution in [0.2, 0.25) is 5.02 Å². The lowest BCUT2D eigenvalue weighted by Gasteiger charge is -1.91. The quantitative estimate of drug-likeness (QED) is 0.739. The normalized spacial score (nSPS) is 10.0. The first kappa shape index (κ1) is 8.71. The Balaban J connectivity index is 2.69. The first-order valence-corrected chi connectivity index (χ1v) is 4.47. The Morgan fingerprint density at radius 3 is 2.91 bits per heavy atom. The third-order valence-corrected chi connectivity index (χ3v) is 2.53. The highest BCUT2D eigenvalue weighted by Gasteiger charge is 2.06. The summed E-state index contributed by atoms with van der Waals surface area (Å²) in [5.74, 6) is 0.0735. The summed E-state index contributed by atoms with van der Waals surface area (Å²) in [6.07, 6.45) is 0.400. The van der Waals surface area contributed by atoms with Gasteiger partial charge in [-0.1, -0.05) is 11.6 Å². The van der Waals surface area contributed by atoms with E-state index in [2.05, 4.69) is 0 Å². The molecule has 0 saturated carbocycles. The van der Waals surface area contributed by atoms with Crippen LogP contribution in [0.5, 0.6) is 0 Å². The summed E-state index contributed by atoms with van der Waals surface area (Å²) in [6, 6.07) is 1.67. The Hall–Kier alpha value is -0.380. The van der Waals surface area contributed by atoms with Crippen LogP contribution in [0.15, 0.2) is 11.4 Å². The molecule has 60 valence electrons. The van der Waals surface area contributed by atoms with Gasteiger partial charge in [-0.05, 0) is 12.6 Å². The number of carbonyl (C=O) groups is 1. The van der Waals surface area contributed by atoms with E-state index in [4.69, 9.17) is 17.3 Å². The topological polar surface area (TPSA) is 43.1 Å². The van der Waals surface area contributed by atoms with Crippen LogP contribution in [0.1, 0.15) is 16.1 Å². The molecule has 1 aromatic rings. The Morgan fingerprint density at radius 2 is 2.45 bits per heavy atom. The Kier molecular flexibility index (Phi) is 3.05. The molecule has 0 spiro atoms. The van der Waals surface area contributed by atoms with Crippen molar-refractivity contribution in [2.45, 2.75) is 6.42 Å². The highest BCUT2D eigenvalue weighted by molar-refractivity contribution is 7.12. The second-order valence-electron chi connectivity index (χ2n) is 2.09. The maximum absolute atomic E-state index is 11.1. The van der Waals surface area contributed by atoms with Crippen LogP contribution in [-0.2, 0) is 0 Å². The number of nitrogens with two attached hydrogens (primary N) is 1. The number of halogens is 1. The van der Waals surface area contributed by atoms with Crippen LogP contribution in [0.3, 0.4) is 0 Å². The second kappa shape index (κ2) is 3.85. The van der Waals surface area contributed by atoms with Gasteiger partial charge >= 0.3 is 0 Å². The van der Waals surface area contributed by atoms with E-state index >= 15 is 0 Å². The number of carbonyl (C=O) groups excluding carboxylic acids is 1. The van der Waals surface area contributed by atoms with E-state index in [0.717, 1.165) is 0 Å². The summed E-state index contributed by atoms with van der Waals surface area (Å²) in [6.45, 7) is 0.397. The van der Waals surface area contributed by atoms with Crippen LogP contribution in [0, 0.1) is 0 Å². The van der Waals surface area contributed by atoms with Crippen LogP contribution < -0.4 is 5.73 Å². The van der Waals surface area contributed by atoms with Gasteiger partial charge in [0.2, 0.25) is 0 Å². The average molecular weight is 190 g/mol. The van der Waals surface area contributed by atoms with Gasteiger partial charge in [0.25, 0.3) is 0 Å². The van der Waals surface area contributed by atoms with E-state index in [9.17, 15) is 4.79 Å². The first-order valence-electron chi connectivity index (χ1n) is 3.21. The molecular formula is C7H8ClNOS. The van der Waals surface area contributed by atoms with Crippen molar-refractivity contribution in [2.75, 3.05) is 6.54 Å². The zero-order chi connectivity index (χ0) is 8.27. The Labute approximate surface area is 74.0 Å². The summed E-state index contributed by atoms with van der Waals surface area (Å²) in [5, 5.41) is 2.36. The molecule has 4 heteroatoms. The minimum atomic E-state index is 0.0735. The first-order chi connectivity index (χ1) is 5.24. The number of hydrogen-bond donors (Lipinski definition) is 1. The van der Waals surface area contributed by atoms with E-state index in [1.807, 2.05) is 0 Å². The van der Waals surface area contributed by atoms with Crippen molar-refractivity contribution < 1.29 is 4.79 Å². The van der Waals surface area contributed by atoms with Crippen molar-refractivity contribution >= 4 is 28.7 Å². The molecule has 0 fully saturated rings. The zero-order valence-electron chi connectivity index (χ0n) is 5.84. The number of ketones is 1. The van der Waals surface area contributed by atoms with Gasteiger partial charge in [-0.25, -0.2) is 0 Å². The summed E-state index contributed by atoms with van der Waals surface area (Å²) < 4.78 is 0. The third kappa shape index (κ3) is 2.29. The lowest BCUT2D eigenvalue weighted by molar-refractivity contribution is 0.0989. The van der Waals surface area contributed by atoms with Gasteiger partial charge in [-0.2, -0.15) is 0 Å². The van der Waals surface area contributed by atoms with E-state index in [1.54, 1.807) is 11.4 Å². The number of rotatable bonds is 3. The molecule has 0 aliphatic heterocycles. The Bertz CT molecular complexity index is 259. The summed E-state index contributed by atoms with van der Waals surface area (Å²) in [5.41, 5.74) is 5.22. The van der Waals surface area contributed by atoms with Gasteiger partial charge in [0.05, 0.1) is 9.90 Å².